The minimum Gasteiger partial charge on any atom is -0.493 e. The molecule has 0 saturated heterocycles. The lowest BCUT2D eigenvalue weighted by Gasteiger charge is -2.19. The van der Waals surface area contributed by atoms with Crippen molar-refractivity contribution in [3.63, 3.8) is 0 Å². The number of nitrogens with one attached hydrogen (secondary N) is 1. The molecular formula is C30H27N3O5. The van der Waals surface area contributed by atoms with E-state index in [0.717, 1.165) is 10.9 Å². The molecule has 0 unspecified atom stereocenters. The fraction of sp³-hybridized carbons (Fsp3) is 0.167. The van der Waals surface area contributed by atoms with Crippen molar-refractivity contribution in [1.82, 2.24) is 15.0 Å². The number of carbonyl (C=O) groups is 1. The third-order valence-electron chi connectivity index (χ3n) is 6.39. The third kappa shape index (κ3) is 4.52. The number of ketones is 1. The van der Waals surface area contributed by atoms with Gasteiger partial charge in [-0.05, 0) is 23.8 Å². The summed E-state index contributed by atoms with van der Waals surface area (Å²) in [7, 11) is 6.32. The highest BCUT2D eigenvalue weighted by Gasteiger charge is 2.26. The van der Waals surface area contributed by atoms with E-state index in [-0.39, 0.29) is 5.78 Å². The van der Waals surface area contributed by atoms with Gasteiger partial charge < -0.3 is 23.9 Å². The highest BCUT2D eigenvalue weighted by Crippen LogP contribution is 2.42. The predicted octanol–water partition coefficient (Wildman–Crippen LogP) is 5.48. The Bertz CT molecular complexity index is 1600. The molecule has 8 nitrogen and oxygen atoms in total. The zero-order valence-electron chi connectivity index (χ0n) is 21.6. The summed E-state index contributed by atoms with van der Waals surface area (Å²) in [6.07, 6.45) is 3.75. The Morgan fingerprint density at radius 2 is 1.50 bits per heavy atom. The number of H-pyrrole nitrogens is 1. The number of nitrogens with zero attached hydrogens (tertiary/aromatic N) is 2. The Hall–Kier alpha value is -4.85. The molecule has 0 aliphatic rings. The maximum atomic E-state index is 14.2. The van der Waals surface area contributed by atoms with E-state index in [0.29, 0.717) is 63.1 Å². The van der Waals surface area contributed by atoms with Gasteiger partial charge in [-0.15, -0.1) is 0 Å². The van der Waals surface area contributed by atoms with Crippen molar-refractivity contribution in [2.75, 3.05) is 28.4 Å². The maximum Gasteiger partial charge on any atom is 0.195 e. The molecule has 5 aromatic rings. The van der Waals surface area contributed by atoms with Crippen molar-refractivity contribution in [3.05, 3.63) is 95.7 Å². The standard InChI is InChI=1S/C30H27N3O5/c1-35-23-11-10-19(14-24(23)36-2)28-20-15-25(37-3)26(38-4)16-21(20)33-22(17-27-31-12-13-32-27)29(28)30(34)18-8-6-5-7-9-18/h5-16H,17H2,1-4H3,(H,31,32). The molecule has 0 fully saturated rings. The van der Waals surface area contributed by atoms with Crippen LogP contribution < -0.4 is 18.9 Å². The Morgan fingerprint density at radius 1 is 0.816 bits per heavy atom. The Labute approximate surface area is 220 Å². The van der Waals surface area contributed by atoms with Crippen LogP contribution in [0.15, 0.2) is 73.1 Å². The number of aromatic amines is 1. The molecule has 192 valence electrons. The zero-order valence-corrected chi connectivity index (χ0v) is 21.6. The topological polar surface area (TPSA) is 95.6 Å². The number of pyridine rings is 1. The van der Waals surface area contributed by atoms with Crippen LogP contribution in [0.3, 0.4) is 0 Å². The van der Waals surface area contributed by atoms with Crippen LogP contribution in [0, 0.1) is 0 Å². The molecular weight excluding hydrogens is 482 g/mol. The normalized spacial score (nSPS) is 10.8. The first-order valence-corrected chi connectivity index (χ1v) is 12.0. The molecule has 1 N–H and O–H groups in total. The molecule has 38 heavy (non-hydrogen) atoms. The number of ether oxygens (including phenoxy) is 4. The summed E-state index contributed by atoms with van der Waals surface area (Å²) < 4.78 is 22.3. The van der Waals surface area contributed by atoms with Crippen LogP contribution in [0.5, 0.6) is 23.0 Å². The van der Waals surface area contributed by atoms with E-state index in [9.17, 15) is 4.79 Å². The smallest absolute Gasteiger partial charge is 0.195 e. The van der Waals surface area contributed by atoms with Gasteiger partial charge in [0.05, 0.1) is 45.2 Å². The maximum absolute atomic E-state index is 14.2. The summed E-state index contributed by atoms with van der Waals surface area (Å²) >= 11 is 0. The third-order valence-corrected chi connectivity index (χ3v) is 6.39. The molecule has 5 rings (SSSR count). The number of fused-ring (bicyclic) bond motifs is 1. The molecule has 0 radical (unpaired) electrons. The molecule has 0 aliphatic carbocycles. The second-order valence-corrected chi connectivity index (χ2v) is 8.51. The van der Waals surface area contributed by atoms with Gasteiger partial charge in [-0.25, -0.2) is 4.98 Å². The summed E-state index contributed by atoms with van der Waals surface area (Å²) in [5, 5.41) is 0.734. The lowest BCUT2D eigenvalue weighted by atomic mass is 9.88. The number of imidazole rings is 1. The summed E-state index contributed by atoms with van der Waals surface area (Å²) in [6.45, 7) is 0. The lowest BCUT2D eigenvalue weighted by Crippen LogP contribution is -2.12. The minimum atomic E-state index is -0.152. The van der Waals surface area contributed by atoms with Gasteiger partial charge >= 0.3 is 0 Å². The van der Waals surface area contributed by atoms with Gasteiger partial charge in [0, 0.05) is 41.4 Å². The molecule has 0 aliphatic heterocycles. The minimum absolute atomic E-state index is 0.152. The van der Waals surface area contributed by atoms with Crippen molar-refractivity contribution in [3.8, 4) is 34.1 Å². The first-order chi connectivity index (χ1) is 18.6. The fourth-order valence-corrected chi connectivity index (χ4v) is 4.59. The van der Waals surface area contributed by atoms with E-state index in [2.05, 4.69) is 9.97 Å². The second-order valence-electron chi connectivity index (χ2n) is 8.51. The van der Waals surface area contributed by atoms with Gasteiger partial charge in [0.15, 0.2) is 28.8 Å². The molecule has 0 saturated carbocycles. The molecule has 2 aromatic heterocycles. The van der Waals surface area contributed by atoms with E-state index in [4.69, 9.17) is 23.9 Å². The highest BCUT2D eigenvalue weighted by atomic mass is 16.5. The van der Waals surface area contributed by atoms with Gasteiger partial charge in [-0.3, -0.25) is 9.78 Å². The van der Waals surface area contributed by atoms with Crippen molar-refractivity contribution >= 4 is 16.7 Å². The molecule has 8 heteroatoms. The Balaban J connectivity index is 1.90. The van der Waals surface area contributed by atoms with Gasteiger partial charge in [0.1, 0.15) is 5.82 Å². The number of hydrogen-bond acceptors (Lipinski definition) is 7. The van der Waals surface area contributed by atoms with Crippen molar-refractivity contribution in [2.24, 2.45) is 0 Å². The number of aromatic nitrogens is 3. The predicted molar refractivity (Wildman–Crippen MR) is 145 cm³/mol. The van der Waals surface area contributed by atoms with Crippen LogP contribution in [0.2, 0.25) is 0 Å². The van der Waals surface area contributed by atoms with Crippen LogP contribution in [-0.4, -0.2) is 49.2 Å². The summed E-state index contributed by atoms with van der Waals surface area (Å²) in [5.74, 6) is 2.73. The van der Waals surface area contributed by atoms with E-state index < -0.39 is 0 Å². The molecule has 3 aromatic carbocycles. The van der Waals surface area contributed by atoms with Crippen molar-refractivity contribution in [1.29, 1.82) is 0 Å². The number of methoxy groups -OCH3 is 4. The van der Waals surface area contributed by atoms with Crippen molar-refractivity contribution in [2.45, 2.75) is 6.42 Å². The molecule has 2 heterocycles. The quantitative estimate of drug-likeness (QED) is 0.263. The SMILES string of the molecule is COc1ccc(-c2c(C(=O)c3ccccc3)c(Cc3ncc[nH]3)nc3cc(OC)c(OC)cc23)cc1OC. The second kappa shape index (κ2) is 10.6. The number of carbonyl (C=O) groups excluding carboxylic acids is 1. The lowest BCUT2D eigenvalue weighted by molar-refractivity contribution is 0.103. The zero-order chi connectivity index (χ0) is 26.6. The molecule has 0 bridgehead atoms. The van der Waals surface area contributed by atoms with E-state index in [1.54, 1.807) is 53.0 Å². The van der Waals surface area contributed by atoms with Gasteiger partial charge in [-0.2, -0.15) is 0 Å². The highest BCUT2D eigenvalue weighted by molar-refractivity contribution is 6.17. The van der Waals surface area contributed by atoms with Crippen molar-refractivity contribution < 1.29 is 23.7 Å². The summed E-state index contributed by atoms with van der Waals surface area (Å²) in [6, 6.07) is 18.4. The first kappa shape index (κ1) is 24.8. The first-order valence-electron chi connectivity index (χ1n) is 12.0. The Morgan fingerprint density at radius 3 is 2.16 bits per heavy atom. The van der Waals surface area contributed by atoms with Crippen LogP contribution in [0.1, 0.15) is 27.4 Å². The molecule has 0 amide bonds. The van der Waals surface area contributed by atoms with Crippen LogP contribution in [-0.2, 0) is 6.42 Å². The summed E-state index contributed by atoms with van der Waals surface area (Å²) in [5.41, 5.74) is 3.72. The van der Waals surface area contributed by atoms with Gasteiger partial charge in [0.25, 0.3) is 0 Å². The van der Waals surface area contributed by atoms with Gasteiger partial charge in [0.2, 0.25) is 0 Å². The number of rotatable bonds is 9. The fourth-order valence-electron chi connectivity index (χ4n) is 4.59. The van der Waals surface area contributed by atoms with Crippen LogP contribution in [0.25, 0.3) is 22.0 Å². The summed E-state index contributed by atoms with van der Waals surface area (Å²) in [4.78, 5) is 26.7. The average Bonchev–Trinajstić information content (AvgIpc) is 3.48. The van der Waals surface area contributed by atoms with Crippen LogP contribution in [0.4, 0.5) is 0 Å². The Kier molecular flexibility index (Phi) is 6.95. The van der Waals surface area contributed by atoms with Gasteiger partial charge in [-0.1, -0.05) is 36.4 Å². The average molecular weight is 510 g/mol. The molecule has 0 spiro atoms. The number of hydrogen-bond donors (Lipinski definition) is 1. The molecule has 0 atom stereocenters. The largest absolute Gasteiger partial charge is 0.493 e. The van der Waals surface area contributed by atoms with E-state index >= 15 is 0 Å². The van der Waals surface area contributed by atoms with E-state index in [1.165, 1.54) is 0 Å². The van der Waals surface area contributed by atoms with E-state index in [1.807, 2.05) is 48.5 Å². The number of benzene rings is 3. The van der Waals surface area contributed by atoms with Crippen LogP contribution >= 0.6 is 0 Å². The monoisotopic (exact) mass is 509 g/mol.